The number of anilines is 1. The average Bonchev–Trinajstić information content (AvgIpc) is 3.22. The smallest absolute Gasteiger partial charge is 0.248 e. The maximum Gasteiger partial charge on any atom is 0.248 e. The first-order valence-electron chi connectivity index (χ1n) is 9.70. The first-order valence-corrected chi connectivity index (χ1v) is 11.4. The number of halogens is 2. The molecule has 0 fully saturated rings. The Kier molecular flexibility index (Phi) is 6.98. The van der Waals surface area contributed by atoms with Crippen LogP contribution in [0.2, 0.25) is 10.0 Å². The van der Waals surface area contributed by atoms with Gasteiger partial charge in [0, 0.05) is 32.5 Å². The summed E-state index contributed by atoms with van der Waals surface area (Å²) in [5.41, 5.74) is 7.75. The van der Waals surface area contributed by atoms with Crippen LogP contribution in [0.25, 0.3) is 17.1 Å². The van der Waals surface area contributed by atoms with Crippen molar-refractivity contribution >= 4 is 52.5 Å². The van der Waals surface area contributed by atoms with Gasteiger partial charge in [0.25, 0.3) is 0 Å². The van der Waals surface area contributed by atoms with Gasteiger partial charge >= 0.3 is 0 Å². The van der Waals surface area contributed by atoms with E-state index in [9.17, 15) is 9.59 Å². The van der Waals surface area contributed by atoms with Gasteiger partial charge in [-0.2, -0.15) is 0 Å². The molecule has 0 aliphatic carbocycles. The first kappa shape index (κ1) is 22.8. The van der Waals surface area contributed by atoms with E-state index in [-0.39, 0.29) is 11.7 Å². The van der Waals surface area contributed by atoms with Crippen LogP contribution in [0.15, 0.2) is 78.0 Å². The molecule has 1 aromatic heterocycles. The number of rotatable bonds is 7. The van der Waals surface area contributed by atoms with Crippen LogP contribution < -0.4 is 11.1 Å². The molecule has 166 valence electrons. The van der Waals surface area contributed by atoms with E-state index in [1.54, 1.807) is 48.5 Å². The summed E-state index contributed by atoms with van der Waals surface area (Å²) in [6, 6.07) is 20.9. The van der Waals surface area contributed by atoms with Gasteiger partial charge in [0.1, 0.15) is 0 Å². The van der Waals surface area contributed by atoms with E-state index in [0.717, 1.165) is 11.3 Å². The van der Waals surface area contributed by atoms with Gasteiger partial charge in [0.2, 0.25) is 11.8 Å². The van der Waals surface area contributed by atoms with Crippen molar-refractivity contribution in [2.45, 2.75) is 5.16 Å². The summed E-state index contributed by atoms with van der Waals surface area (Å²) in [5, 5.41) is 13.1. The second-order valence-corrected chi connectivity index (χ2v) is 8.72. The van der Waals surface area contributed by atoms with Crippen molar-refractivity contribution in [2.75, 3.05) is 11.1 Å². The van der Waals surface area contributed by atoms with Crippen LogP contribution in [0, 0.1) is 0 Å². The number of hydrogen-bond acceptors (Lipinski definition) is 5. The van der Waals surface area contributed by atoms with Crippen molar-refractivity contribution in [3.05, 3.63) is 88.4 Å². The number of carbonyl (C=O) groups excluding carboxylic acids is 2. The molecule has 1 heterocycles. The SMILES string of the molecule is NC(=O)c1ccc(NC(=O)CSc2nnc(-c3cccc(Cl)c3)n2-c2ccc(Cl)cc2)cc1. The van der Waals surface area contributed by atoms with Crippen LogP contribution in [0.5, 0.6) is 0 Å². The molecule has 0 aliphatic rings. The fraction of sp³-hybridized carbons (Fsp3) is 0.0435. The molecule has 0 atom stereocenters. The molecule has 4 rings (SSSR count). The van der Waals surface area contributed by atoms with Crippen LogP contribution >= 0.6 is 35.0 Å². The van der Waals surface area contributed by atoms with Crippen LogP contribution in [0.4, 0.5) is 5.69 Å². The number of amides is 2. The van der Waals surface area contributed by atoms with Gasteiger partial charge in [0.15, 0.2) is 11.0 Å². The lowest BCUT2D eigenvalue weighted by Gasteiger charge is -2.11. The zero-order chi connectivity index (χ0) is 23.4. The lowest BCUT2D eigenvalue weighted by Crippen LogP contribution is -2.15. The topological polar surface area (TPSA) is 103 Å². The highest BCUT2D eigenvalue weighted by Gasteiger charge is 2.18. The number of primary amides is 1. The minimum Gasteiger partial charge on any atom is -0.366 e. The van der Waals surface area contributed by atoms with Crippen LogP contribution in [0.1, 0.15) is 10.4 Å². The van der Waals surface area contributed by atoms with E-state index < -0.39 is 5.91 Å². The van der Waals surface area contributed by atoms with Gasteiger partial charge in [-0.05, 0) is 60.7 Å². The maximum absolute atomic E-state index is 12.5. The quantitative estimate of drug-likeness (QED) is 0.347. The summed E-state index contributed by atoms with van der Waals surface area (Å²) in [4.78, 5) is 23.7. The summed E-state index contributed by atoms with van der Waals surface area (Å²) >= 11 is 13.5. The Hall–Kier alpha value is -3.33. The Morgan fingerprint density at radius 3 is 2.33 bits per heavy atom. The van der Waals surface area contributed by atoms with E-state index in [2.05, 4.69) is 15.5 Å². The predicted molar refractivity (Wildman–Crippen MR) is 131 cm³/mol. The second-order valence-electron chi connectivity index (χ2n) is 6.91. The largest absolute Gasteiger partial charge is 0.366 e. The van der Waals surface area contributed by atoms with Gasteiger partial charge < -0.3 is 11.1 Å². The highest BCUT2D eigenvalue weighted by molar-refractivity contribution is 7.99. The Balaban J connectivity index is 1.56. The Labute approximate surface area is 203 Å². The number of carbonyl (C=O) groups is 2. The van der Waals surface area contributed by atoms with Crippen molar-refractivity contribution in [3.8, 4) is 17.1 Å². The monoisotopic (exact) mass is 497 g/mol. The number of thioether (sulfide) groups is 1. The van der Waals surface area contributed by atoms with Crippen molar-refractivity contribution in [1.29, 1.82) is 0 Å². The lowest BCUT2D eigenvalue weighted by molar-refractivity contribution is -0.113. The average molecular weight is 498 g/mol. The number of benzene rings is 3. The number of nitrogens with zero attached hydrogens (tertiary/aromatic N) is 3. The minimum absolute atomic E-state index is 0.0961. The highest BCUT2D eigenvalue weighted by Crippen LogP contribution is 2.30. The van der Waals surface area contributed by atoms with Gasteiger partial charge in [-0.15, -0.1) is 10.2 Å². The number of nitrogens with two attached hydrogens (primary N) is 1. The van der Waals surface area contributed by atoms with E-state index >= 15 is 0 Å². The molecule has 0 radical (unpaired) electrons. The van der Waals surface area contributed by atoms with E-state index in [4.69, 9.17) is 28.9 Å². The summed E-state index contributed by atoms with van der Waals surface area (Å²) in [7, 11) is 0. The van der Waals surface area contributed by atoms with E-state index in [0.29, 0.717) is 32.3 Å². The van der Waals surface area contributed by atoms with Gasteiger partial charge in [0.05, 0.1) is 5.75 Å². The first-order chi connectivity index (χ1) is 15.9. The summed E-state index contributed by atoms with van der Waals surface area (Å²) in [6.45, 7) is 0. The normalized spacial score (nSPS) is 10.7. The molecular weight excluding hydrogens is 481 g/mol. The van der Waals surface area contributed by atoms with Crippen LogP contribution in [-0.4, -0.2) is 32.3 Å². The summed E-state index contributed by atoms with van der Waals surface area (Å²) in [6.07, 6.45) is 0. The molecule has 3 N–H and O–H groups in total. The third kappa shape index (κ3) is 5.54. The lowest BCUT2D eigenvalue weighted by atomic mass is 10.2. The number of hydrogen-bond donors (Lipinski definition) is 2. The standard InChI is InChI=1S/C23H17Cl2N5O2S/c24-16-6-10-19(11-7-16)30-22(15-2-1-3-17(25)12-15)28-29-23(30)33-13-20(31)27-18-8-4-14(5-9-18)21(26)32/h1-12H,13H2,(H2,26,32)(H,27,31). The Morgan fingerprint density at radius 1 is 0.939 bits per heavy atom. The van der Waals surface area contributed by atoms with E-state index in [1.807, 2.05) is 28.8 Å². The molecule has 0 aliphatic heterocycles. The second kappa shape index (κ2) is 10.1. The third-order valence-electron chi connectivity index (χ3n) is 4.59. The maximum atomic E-state index is 12.5. The molecule has 0 bridgehead atoms. The molecule has 0 saturated carbocycles. The van der Waals surface area contributed by atoms with Crippen molar-refractivity contribution in [1.82, 2.24) is 14.8 Å². The fourth-order valence-electron chi connectivity index (χ4n) is 3.05. The molecule has 0 unspecified atom stereocenters. The van der Waals surface area contributed by atoms with Crippen molar-refractivity contribution in [3.63, 3.8) is 0 Å². The highest BCUT2D eigenvalue weighted by atomic mass is 35.5. The Morgan fingerprint density at radius 2 is 1.67 bits per heavy atom. The van der Waals surface area contributed by atoms with Crippen molar-refractivity contribution < 1.29 is 9.59 Å². The number of aromatic nitrogens is 3. The molecule has 0 saturated heterocycles. The molecular formula is C23H17Cl2N5O2S. The number of nitrogens with one attached hydrogen (secondary N) is 1. The zero-order valence-electron chi connectivity index (χ0n) is 17.0. The third-order valence-corrected chi connectivity index (χ3v) is 6.00. The molecule has 3 aromatic carbocycles. The zero-order valence-corrected chi connectivity index (χ0v) is 19.4. The Bertz CT molecular complexity index is 1310. The summed E-state index contributed by atoms with van der Waals surface area (Å²) in [5.74, 6) is -0.0780. The van der Waals surface area contributed by atoms with Gasteiger partial charge in [-0.3, -0.25) is 14.2 Å². The molecule has 7 nitrogen and oxygen atoms in total. The molecule has 10 heteroatoms. The fourth-order valence-corrected chi connectivity index (χ4v) is 4.11. The minimum atomic E-state index is -0.527. The molecule has 0 spiro atoms. The molecule has 2 amide bonds. The van der Waals surface area contributed by atoms with Crippen molar-refractivity contribution in [2.24, 2.45) is 5.73 Å². The van der Waals surface area contributed by atoms with Crippen LogP contribution in [0.3, 0.4) is 0 Å². The van der Waals surface area contributed by atoms with Gasteiger partial charge in [-0.1, -0.05) is 47.1 Å². The summed E-state index contributed by atoms with van der Waals surface area (Å²) < 4.78 is 1.85. The molecule has 4 aromatic rings. The molecule has 33 heavy (non-hydrogen) atoms. The predicted octanol–water partition coefficient (Wildman–Crippen LogP) is 5.07. The van der Waals surface area contributed by atoms with Gasteiger partial charge in [-0.25, -0.2) is 0 Å². The van der Waals surface area contributed by atoms with Crippen LogP contribution in [-0.2, 0) is 4.79 Å². The van der Waals surface area contributed by atoms with E-state index in [1.165, 1.54) is 11.8 Å².